The number of esters is 1. The number of carbonyl (C=O) groups is 1. The fraction of sp³-hybridized carbons (Fsp3) is 0.263. The summed E-state index contributed by atoms with van der Waals surface area (Å²) in [7, 11) is 0. The minimum Gasteiger partial charge on any atom is -0.463 e. The third-order valence-corrected chi connectivity index (χ3v) is 12.0. The van der Waals surface area contributed by atoms with Gasteiger partial charge in [0, 0.05) is 26.7 Å². The van der Waals surface area contributed by atoms with Crippen LogP contribution in [0.1, 0.15) is 69.9 Å². The fourth-order valence-electron chi connectivity index (χ4n) is 6.75. The SMILES string of the molecule is CCOC(=O)C1=C(c2ccccc2)N=c2s/c(=C/c3cc(C)n(-c4sc5c(c4C#N)CCCC5)c3C)c(=O)n2[C@@H]1c1ccc(SC)cc1. The van der Waals surface area contributed by atoms with Crippen LogP contribution in [0.15, 0.2) is 80.9 Å². The summed E-state index contributed by atoms with van der Waals surface area (Å²) in [5, 5.41) is 11.1. The smallest absolute Gasteiger partial charge is 0.338 e. The highest BCUT2D eigenvalue weighted by atomic mass is 32.2. The van der Waals surface area contributed by atoms with Crippen molar-refractivity contribution < 1.29 is 9.53 Å². The van der Waals surface area contributed by atoms with Gasteiger partial charge in [-0.25, -0.2) is 9.79 Å². The third kappa shape index (κ3) is 5.50. The first kappa shape index (κ1) is 32.1. The molecule has 1 aliphatic heterocycles. The Labute approximate surface area is 291 Å². The molecule has 10 heteroatoms. The standard InChI is InChI=1S/C38H34N4O3S3/c1-5-45-37(44)32-33(24-11-7-6-8-12-24)40-38-42(34(32)25-15-17-27(46-4)18-16-25)35(43)31(48-38)20-26-19-22(2)41(23(26)3)36-29(21-39)28-13-9-10-14-30(28)47-36/h6-8,11-12,15-20,34H,5,9-10,13-14H2,1-4H3/b31-20+/t34-/m1/s1. The van der Waals surface area contributed by atoms with E-state index in [2.05, 4.69) is 16.7 Å². The molecule has 4 heterocycles. The highest BCUT2D eigenvalue weighted by Crippen LogP contribution is 2.39. The maximum absolute atomic E-state index is 14.5. The van der Waals surface area contributed by atoms with E-state index in [-0.39, 0.29) is 12.2 Å². The summed E-state index contributed by atoms with van der Waals surface area (Å²) in [6.07, 6.45) is 8.16. The molecule has 0 bridgehead atoms. The lowest BCUT2D eigenvalue weighted by atomic mass is 9.93. The fourth-order valence-corrected chi connectivity index (χ4v) is 9.60. The predicted molar refractivity (Wildman–Crippen MR) is 194 cm³/mol. The number of aryl methyl sites for hydroxylation is 2. The van der Waals surface area contributed by atoms with Crippen molar-refractivity contribution in [2.75, 3.05) is 12.9 Å². The Morgan fingerprint density at radius 3 is 2.56 bits per heavy atom. The van der Waals surface area contributed by atoms with E-state index in [9.17, 15) is 14.9 Å². The van der Waals surface area contributed by atoms with Crippen LogP contribution < -0.4 is 14.9 Å². The van der Waals surface area contributed by atoms with Gasteiger partial charge in [-0.05, 0) is 93.7 Å². The van der Waals surface area contributed by atoms with Gasteiger partial charge in [-0.3, -0.25) is 9.36 Å². The molecule has 1 atom stereocenters. The second-order valence-electron chi connectivity index (χ2n) is 11.9. The number of carbonyl (C=O) groups excluding carboxylic acids is 1. The zero-order chi connectivity index (χ0) is 33.5. The van der Waals surface area contributed by atoms with Crippen LogP contribution in [0.25, 0.3) is 16.8 Å². The van der Waals surface area contributed by atoms with Crippen molar-refractivity contribution in [3.63, 3.8) is 0 Å². The van der Waals surface area contributed by atoms with Gasteiger partial charge in [0.25, 0.3) is 5.56 Å². The maximum Gasteiger partial charge on any atom is 0.338 e. The van der Waals surface area contributed by atoms with E-state index in [0.29, 0.717) is 20.6 Å². The lowest BCUT2D eigenvalue weighted by Gasteiger charge is -2.26. The number of aromatic nitrogens is 2. The Morgan fingerprint density at radius 1 is 1.10 bits per heavy atom. The largest absolute Gasteiger partial charge is 0.463 e. The Morgan fingerprint density at radius 2 is 1.85 bits per heavy atom. The molecule has 0 saturated carbocycles. The molecule has 0 N–H and O–H groups in total. The van der Waals surface area contributed by atoms with Gasteiger partial charge in [-0.15, -0.1) is 23.1 Å². The van der Waals surface area contributed by atoms with Gasteiger partial charge in [0.15, 0.2) is 4.80 Å². The first-order chi connectivity index (χ1) is 23.3. The molecule has 0 unspecified atom stereocenters. The molecule has 48 heavy (non-hydrogen) atoms. The molecule has 7 rings (SSSR count). The molecule has 242 valence electrons. The van der Waals surface area contributed by atoms with Gasteiger partial charge in [0.2, 0.25) is 0 Å². The number of hydrogen-bond donors (Lipinski definition) is 0. The van der Waals surface area contributed by atoms with E-state index in [1.807, 2.05) is 80.8 Å². The first-order valence-electron chi connectivity index (χ1n) is 16.0. The predicted octanol–water partition coefficient (Wildman–Crippen LogP) is 6.88. The van der Waals surface area contributed by atoms with Crippen molar-refractivity contribution in [3.05, 3.63) is 130 Å². The molecule has 5 aromatic rings. The quantitative estimate of drug-likeness (QED) is 0.137. The van der Waals surface area contributed by atoms with Gasteiger partial charge in [-0.1, -0.05) is 53.8 Å². The molecule has 7 nitrogen and oxygen atoms in total. The highest BCUT2D eigenvalue weighted by molar-refractivity contribution is 7.98. The number of thioether (sulfide) groups is 1. The third-order valence-electron chi connectivity index (χ3n) is 9.03. The van der Waals surface area contributed by atoms with E-state index >= 15 is 0 Å². The normalized spacial score (nSPS) is 15.9. The summed E-state index contributed by atoms with van der Waals surface area (Å²) >= 11 is 4.66. The molecule has 0 amide bonds. The minimum atomic E-state index is -0.725. The summed E-state index contributed by atoms with van der Waals surface area (Å²) in [4.78, 5) is 36.1. The minimum absolute atomic E-state index is 0.198. The van der Waals surface area contributed by atoms with Crippen LogP contribution in [0.2, 0.25) is 0 Å². The Bertz CT molecular complexity index is 2320. The van der Waals surface area contributed by atoms with Crippen molar-refractivity contribution in [1.82, 2.24) is 9.13 Å². The molecule has 3 aromatic heterocycles. The molecule has 0 spiro atoms. The summed E-state index contributed by atoms with van der Waals surface area (Å²) in [5.74, 6) is -0.496. The second-order valence-corrected chi connectivity index (χ2v) is 14.8. The summed E-state index contributed by atoms with van der Waals surface area (Å²) < 4.78 is 9.92. The van der Waals surface area contributed by atoms with Crippen LogP contribution in [-0.2, 0) is 22.4 Å². The van der Waals surface area contributed by atoms with Crippen molar-refractivity contribution in [2.24, 2.45) is 4.99 Å². The zero-order valence-electron chi connectivity index (χ0n) is 27.2. The summed E-state index contributed by atoms with van der Waals surface area (Å²) in [6, 6.07) is 21.4. The van der Waals surface area contributed by atoms with Gasteiger partial charge in [0.1, 0.15) is 11.1 Å². The lowest BCUT2D eigenvalue weighted by Crippen LogP contribution is -2.40. The Hall–Kier alpha value is -4.43. The van der Waals surface area contributed by atoms with Crippen molar-refractivity contribution in [1.29, 1.82) is 5.26 Å². The Kier molecular flexibility index (Phi) is 8.86. The molecule has 0 radical (unpaired) electrons. The molecule has 1 aliphatic carbocycles. The lowest BCUT2D eigenvalue weighted by molar-refractivity contribution is -0.138. The van der Waals surface area contributed by atoms with Crippen molar-refractivity contribution in [2.45, 2.75) is 57.4 Å². The maximum atomic E-state index is 14.5. The van der Waals surface area contributed by atoms with Gasteiger partial charge < -0.3 is 9.30 Å². The van der Waals surface area contributed by atoms with E-state index < -0.39 is 12.0 Å². The van der Waals surface area contributed by atoms with Crippen LogP contribution in [0.4, 0.5) is 0 Å². The number of thiophene rings is 1. The molecular weight excluding hydrogens is 657 g/mol. The average molecular weight is 691 g/mol. The van der Waals surface area contributed by atoms with Crippen LogP contribution in [0.3, 0.4) is 0 Å². The average Bonchev–Trinajstić information content (AvgIpc) is 3.73. The van der Waals surface area contributed by atoms with Crippen molar-refractivity contribution in [3.8, 4) is 11.1 Å². The Balaban J connectivity index is 1.44. The van der Waals surface area contributed by atoms with Crippen LogP contribution in [0.5, 0.6) is 0 Å². The number of nitriles is 1. The van der Waals surface area contributed by atoms with E-state index in [0.717, 1.165) is 69.2 Å². The number of benzene rings is 2. The van der Waals surface area contributed by atoms with E-state index in [1.54, 1.807) is 34.6 Å². The second kappa shape index (κ2) is 13.2. The summed E-state index contributed by atoms with van der Waals surface area (Å²) in [6.45, 7) is 6.06. The van der Waals surface area contributed by atoms with E-state index in [4.69, 9.17) is 9.73 Å². The molecule has 0 fully saturated rings. The molecule has 2 aliphatic rings. The van der Waals surface area contributed by atoms with E-state index in [1.165, 1.54) is 21.8 Å². The number of thiazole rings is 1. The van der Waals surface area contributed by atoms with Crippen LogP contribution in [-0.4, -0.2) is 28.0 Å². The monoisotopic (exact) mass is 690 g/mol. The number of hydrogen-bond acceptors (Lipinski definition) is 8. The van der Waals surface area contributed by atoms with Gasteiger partial charge in [-0.2, -0.15) is 5.26 Å². The molecule has 0 saturated heterocycles. The van der Waals surface area contributed by atoms with Crippen LogP contribution in [0, 0.1) is 25.2 Å². The molecular formula is C38H34N4O3S3. The number of nitrogens with zero attached hydrogens (tertiary/aromatic N) is 4. The number of fused-ring (bicyclic) bond motifs is 2. The first-order valence-corrected chi connectivity index (χ1v) is 18.9. The zero-order valence-corrected chi connectivity index (χ0v) is 29.7. The van der Waals surface area contributed by atoms with Gasteiger partial charge >= 0.3 is 5.97 Å². The topological polar surface area (TPSA) is 89.4 Å². The highest BCUT2D eigenvalue weighted by Gasteiger charge is 2.35. The van der Waals surface area contributed by atoms with Crippen molar-refractivity contribution >= 4 is 52.2 Å². The number of ether oxygens (including phenoxy) is 1. The van der Waals surface area contributed by atoms with Crippen LogP contribution >= 0.6 is 34.4 Å². The number of rotatable bonds is 7. The summed E-state index contributed by atoms with van der Waals surface area (Å²) in [5.41, 5.74) is 7.04. The van der Waals surface area contributed by atoms with Gasteiger partial charge in [0.05, 0.1) is 34.0 Å². The molecule has 2 aromatic carbocycles.